The van der Waals surface area contributed by atoms with E-state index in [0.29, 0.717) is 6.54 Å². The van der Waals surface area contributed by atoms with Gasteiger partial charge in [-0.15, -0.1) is 0 Å². The van der Waals surface area contributed by atoms with Crippen LogP contribution in [-0.4, -0.2) is 30.4 Å². The third-order valence-corrected chi connectivity index (χ3v) is 6.35. The number of carbonyl (C=O) groups is 1. The van der Waals surface area contributed by atoms with E-state index in [0.717, 1.165) is 41.7 Å². The molecule has 162 valence electrons. The largest absolute Gasteiger partial charge is 0.465 e. The van der Waals surface area contributed by atoms with Crippen molar-refractivity contribution in [3.8, 4) is 0 Å². The molecule has 1 atom stereocenters. The zero-order valence-electron chi connectivity index (χ0n) is 18.5. The van der Waals surface area contributed by atoms with Crippen LogP contribution in [0.4, 0.5) is 0 Å². The highest BCUT2D eigenvalue weighted by atomic mass is 16.3. The van der Waals surface area contributed by atoms with Crippen molar-refractivity contribution in [2.24, 2.45) is 5.92 Å². The van der Waals surface area contributed by atoms with Crippen LogP contribution in [0.3, 0.4) is 0 Å². The highest BCUT2D eigenvalue weighted by molar-refractivity contribution is 5.87. The Morgan fingerprint density at radius 3 is 2.06 bits per heavy atom. The summed E-state index contributed by atoms with van der Waals surface area (Å²) < 4.78 is 5.99. The van der Waals surface area contributed by atoms with E-state index >= 15 is 0 Å². The summed E-state index contributed by atoms with van der Waals surface area (Å²) in [7, 11) is 0. The number of piperidine rings is 1. The fourth-order valence-electron chi connectivity index (χ4n) is 4.47. The molecule has 2 aromatic carbocycles. The molecule has 0 radical (unpaired) electrons. The first kappa shape index (κ1) is 21.4. The molecule has 2 heterocycles. The van der Waals surface area contributed by atoms with Gasteiger partial charge in [0.15, 0.2) is 0 Å². The number of carbonyl (C=O) groups excluding carboxylic acids is 1. The summed E-state index contributed by atoms with van der Waals surface area (Å²) in [6, 6.07) is 24.1. The summed E-state index contributed by atoms with van der Waals surface area (Å²) in [6.07, 6.45) is 2.36. The molecule has 0 unspecified atom stereocenters. The Labute approximate surface area is 185 Å². The van der Waals surface area contributed by atoms with E-state index in [4.69, 9.17) is 4.42 Å². The molecule has 0 aliphatic carbocycles. The Morgan fingerprint density at radius 1 is 0.968 bits per heavy atom. The predicted molar refractivity (Wildman–Crippen MR) is 124 cm³/mol. The number of benzene rings is 2. The van der Waals surface area contributed by atoms with Gasteiger partial charge in [-0.3, -0.25) is 9.69 Å². The van der Waals surface area contributed by atoms with Gasteiger partial charge in [0.25, 0.3) is 0 Å². The van der Waals surface area contributed by atoms with Gasteiger partial charge >= 0.3 is 0 Å². The molecule has 0 saturated carbocycles. The van der Waals surface area contributed by atoms with Gasteiger partial charge < -0.3 is 9.73 Å². The van der Waals surface area contributed by atoms with Gasteiger partial charge in [-0.1, -0.05) is 67.6 Å². The van der Waals surface area contributed by atoms with E-state index in [1.807, 2.05) is 73.7 Å². The minimum absolute atomic E-state index is 0.0241. The Hall–Kier alpha value is -2.85. The first-order valence-corrected chi connectivity index (χ1v) is 11.3. The van der Waals surface area contributed by atoms with Crippen LogP contribution in [0.1, 0.15) is 54.4 Å². The molecule has 0 spiro atoms. The van der Waals surface area contributed by atoms with Crippen molar-refractivity contribution in [1.82, 2.24) is 10.2 Å². The van der Waals surface area contributed by atoms with E-state index in [-0.39, 0.29) is 17.9 Å². The maximum absolute atomic E-state index is 13.5. The zero-order valence-corrected chi connectivity index (χ0v) is 18.5. The number of hydrogen-bond donors (Lipinski definition) is 1. The molecule has 1 amide bonds. The summed E-state index contributed by atoms with van der Waals surface area (Å²) in [5, 5.41) is 3.26. The van der Waals surface area contributed by atoms with Gasteiger partial charge in [-0.05, 0) is 62.0 Å². The minimum Gasteiger partial charge on any atom is -0.465 e. The lowest BCUT2D eigenvalue weighted by molar-refractivity contribution is -0.122. The van der Waals surface area contributed by atoms with Crippen molar-refractivity contribution in [2.45, 2.75) is 38.6 Å². The van der Waals surface area contributed by atoms with E-state index in [2.05, 4.69) is 23.2 Å². The summed E-state index contributed by atoms with van der Waals surface area (Å²) in [6.45, 7) is 6.88. The first-order chi connectivity index (χ1) is 15.1. The number of likely N-dealkylation sites (tertiary alicyclic amines) is 1. The van der Waals surface area contributed by atoms with Gasteiger partial charge in [-0.2, -0.15) is 0 Å². The molecule has 4 heteroatoms. The van der Waals surface area contributed by atoms with Crippen LogP contribution < -0.4 is 5.32 Å². The fourth-order valence-corrected chi connectivity index (χ4v) is 4.47. The van der Waals surface area contributed by atoms with Crippen molar-refractivity contribution in [2.75, 3.05) is 19.6 Å². The predicted octanol–water partition coefficient (Wildman–Crippen LogP) is 5.31. The maximum Gasteiger partial charge on any atom is 0.232 e. The van der Waals surface area contributed by atoms with Crippen molar-refractivity contribution < 1.29 is 9.21 Å². The number of nitrogens with zero attached hydrogens (tertiary/aromatic N) is 1. The van der Waals surface area contributed by atoms with Gasteiger partial charge in [0.1, 0.15) is 11.5 Å². The molecule has 1 fully saturated rings. The first-order valence-electron chi connectivity index (χ1n) is 11.3. The second kappa shape index (κ2) is 9.97. The van der Waals surface area contributed by atoms with Crippen LogP contribution in [0.15, 0.2) is 77.2 Å². The Morgan fingerprint density at radius 2 is 1.55 bits per heavy atom. The molecule has 31 heavy (non-hydrogen) atoms. The number of furan rings is 1. The number of hydrogen-bond acceptors (Lipinski definition) is 3. The van der Waals surface area contributed by atoms with Crippen molar-refractivity contribution in [1.29, 1.82) is 0 Å². The summed E-state index contributed by atoms with van der Waals surface area (Å²) in [5.74, 6) is 2.29. The molecule has 4 nitrogen and oxygen atoms in total. The van der Waals surface area contributed by atoms with Crippen molar-refractivity contribution in [3.05, 3.63) is 95.4 Å². The third-order valence-electron chi connectivity index (χ3n) is 6.35. The standard InChI is InChI=1S/C27H32N2O2/c1-20-15-17-29(18-16-20)24(25-14-13-21(2)31-25)19-28-27(30)26(22-9-5-3-6-10-22)23-11-7-4-8-12-23/h3-14,20,24,26H,15-19H2,1-2H3,(H,28,30)/t24-/m1/s1. The lowest BCUT2D eigenvalue weighted by Gasteiger charge is -2.36. The van der Waals surface area contributed by atoms with Crippen LogP contribution in [-0.2, 0) is 4.79 Å². The lowest BCUT2D eigenvalue weighted by Crippen LogP contribution is -2.42. The average Bonchev–Trinajstić information content (AvgIpc) is 3.23. The molecule has 4 rings (SSSR count). The molecule has 3 aromatic rings. The van der Waals surface area contributed by atoms with Crippen molar-refractivity contribution >= 4 is 5.91 Å². The minimum atomic E-state index is -0.331. The summed E-state index contributed by atoms with van der Waals surface area (Å²) >= 11 is 0. The summed E-state index contributed by atoms with van der Waals surface area (Å²) in [4.78, 5) is 15.9. The Balaban J connectivity index is 1.54. The molecular weight excluding hydrogens is 384 g/mol. The van der Waals surface area contributed by atoms with E-state index in [1.54, 1.807) is 0 Å². The van der Waals surface area contributed by atoms with Gasteiger partial charge in [0.05, 0.1) is 12.0 Å². The number of amides is 1. The second-order valence-electron chi connectivity index (χ2n) is 8.68. The fraction of sp³-hybridized carbons (Fsp3) is 0.370. The lowest BCUT2D eigenvalue weighted by atomic mass is 9.90. The highest BCUT2D eigenvalue weighted by Crippen LogP contribution is 2.29. The smallest absolute Gasteiger partial charge is 0.232 e. The number of aryl methyl sites for hydroxylation is 1. The maximum atomic E-state index is 13.5. The topological polar surface area (TPSA) is 45.5 Å². The molecule has 1 aromatic heterocycles. The SMILES string of the molecule is Cc1ccc([C@@H](CNC(=O)C(c2ccccc2)c2ccccc2)N2CCC(C)CC2)o1. The van der Waals surface area contributed by atoms with Crippen LogP contribution in [0, 0.1) is 12.8 Å². The molecule has 1 saturated heterocycles. The van der Waals surface area contributed by atoms with E-state index in [1.165, 1.54) is 12.8 Å². The second-order valence-corrected chi connectivity index (χ2v) is 8.68. The van der Waals surface area contributed by atoms with Crippen LogP contribution in [0.25, 0.3) is 0 Å². The zero-order chi connectivity index (χ0) is 21.6. The normalized spacial score (nSPS) is 16.4. The van der Waals surface area contributed by atoms with Crippen LogP contribution in [0.2, 0.25) is 0 Å². The van der Waals surface area contributed by atoms with Crippen LogP contribution >= 0.6 is 0 Å². The number of nitrogens with one attached hydrogen (secondary N) is 1. The monoisotopic (exact) mass is 416 g/mol. The third kappa shape index (κ3) is 5.26. The average molecular weight is 417 g/mol. The molecule has 1 N–H and O–H groups in total. The van der Waals surface area contributed by atoms with Gasteiger partial charge in [0, 0.05) is 6.54 Å². The Bertz CT molecular complexity index is 920. The molecule has 1 aliphatic rings. The quantitative estimate of drug-likeness (QED) is 0.568. The Kier molecular flexibility index (Phi) is 6.88. The molecular formula is C27H32N2O2. The van der Waals surface area contributed by atoms with Crippen LogP contribution in [0.5, 0.6) is 0 Å². The van der Waals surface area contributed by atoms with Gasteiger partial charge in [0.2, 0.25) is 5.91 Å². The van der Waals surface area contributed by atoms with Gasteiger partial charge in [-0.25, -0.2) is 0 Å². The molecule has 0 bridgehead atoms. The number of rotatable bonds is 7. The van der Waals surface area contributed by atoms with E-state index < -0.39 is 0 Å². The van der Waals surface area contributed by atoms with E-state index in [9.17, 15) is 4.79 Å². The van der Waals surface area contributed by atoms with Crippen molar-refractivity contribution in [3.63, 3.8) is 0 Å². The molecule has 1 aliphatic heterocycles. The highest BCUT2D eigenvalue weighted by Gasteiger charge is 2.29. The summed E-state index contributed by atoms with van der Waals surface area (Å²) in [5.41, 5.74) is 2.01.